The van der Waals surface area contributed by atoms with Crippen LogP contribution >= 0.6 is 15.9 Å². The van der Waals surface area contributed by atoms with Crippen molar-refractivity contribution in [2.24, 2.45) is 5.92 Å². The first-order valence-corrected chi connectivity index (χ1v) is 7.40. The lowest BCUT2D eigenvalue weighted by Crippen LogP contribution is -2.55. The third-order valence-electron chi connectivity index (χ3n) is 3.92. The zero-order valence-electron chi connectivity index (χ0n) is 11.6. The number of furan rings is 1. The molecule has 0 radical (unpaired) electrons. The first kappa shape index (κ1) is 15.1. The number of ether oxygens (including phenoxy) is 1. The van der Waals surface area contributed by atoms with E-state index in [9.17, 15) is 9.59 Å². The number of nitrogens with one attached hydrogen (secondary N) is 1. The second-order valence-corrected chi connectivity index (χ2v) is 6.15. The summed E-state index contributed by atoms with van der Waals surface area (Å²) >= 11 is 3.26. The van der Waals surface area contributed by atoms with Crippen LogP contribution in [0.25, 0.3) is 0 Å². The summed E-state index contributed by atoms with van der Waals surface area (Å²) in [6, 6.07) is 1.66. The van der Waals surface area contributed by atoms with Crippen molar-refractivity contribution in [1.82, 2.24) is 5.32 Å². The van der Waals surface area contributed by atoms with Gasteiger partial charge in [0.25, 0.3) is 5.91 Å². The van der Waals surface area contributed by atoms with Gasteiger partial charge < -0.3 is 14.5 Å². The molecule has 1 amide bonds. The smallest absolute Gasteiger partial charge is 0.311 e. The number of esters is 1. The van der Waals surface area contributed by atoms with Crippen LogP contribution in [-0.4, -0.2) is 24.5 Å². The van der Waals surface area contributed by atoms with Gasteiger partial charge in [-0.3, -0.25) is 9.59 Å². The molecule has 2 atom stereocenters. The van der Waals surface area contributed by atoms with Gasteiger partial charge in [0.2, 0.25) is 5.76 Å². The Morgan fingerprint density at radius 3 is 2.85 bits per heavy atom. The average Bonchev–Trinajstić information content (AvgIpc) is 2.84. The molecule has 1 fully saturated rings. The highest BCUT2D eigenvalue weighted by atomic mass is 79.9. The highest BCUT2D eigenvalue weighted by Crippen LogP contribution is 2.35. The summed E-state index contributed by atoms with van der Waals surface area (Å²) in [7, 11) is 1.38. The molecule has 5 nitrogen and oxygen atoms in total. The molecule has 2 rings (SSSR count). The van der Waals surface area contributed by atoms with E-state index in [1.807, 2.05) is 6.92 Å². The minimum Gasteiger partial charge on any atom is -0.469 e. The molecule has 1 aromatic heterocycles. The zero-order chi connectivity index (χ0) is 14.8. The second-order valence-electron chi connectivity index (χ2n) is 5.29. The van der Waals surface area contributed by atoms with Crippen LogP contribution in [0.1, 0.15) is 43.2 Å². The van der Waals surface area contributed by atoms with Crippen molar-refractivity contribution in [3.8, 4) is 0 Å². The Hall–Kier alpha value is -1.30. The maximum absolute atomic E-state index is 12.3. The summed E-state index contributed by atoms with van der Waals surface area (Å²) in [4.78, 5) is 24.2. The van der Waals surface area contributed by atoms with Gasteiger partial charge in [-0.1, -0.05) is 12.8 Å². The normalized spacial score (nSPS) is 26.1. The molecule has 20 heavy (non-hydrogen) atoms. The van der Waals surface area contributed by atoms with Gasteiger partial charge in [0.05, 0.1) is 29.3 Å². The number of carbonyl (C=O) groups excluding carboxylic acids is 2. The van der Waals surface area contributed by atoms with Crippen molar-refractivity contribution in [3.63, 3.8) is 0 Å². The van der Waals surface area contributed by atoms with E-state index >= 15 is 0 Å². The molecule has 6 heteroatoms. The molecule has 0 aliphatic heterocycles. The lowest BCUT2D eigenvalue weighted by Gasteiger charge is -2.40. The zero-order valence-corrected chi connectivity index (χ0v) is 13.2. The van der Waals surface area contributed by atoms with Gasteiger partial charge in [0, 0.05) is 0 Å². The number of hydrogen-bond donors (Lipinski definition) is 1. The monoisotopic (exact) mass is 343 g/mol. The lowest BCUT2D eigenvalue weighted by molar-refractivity contribution is -0.149. The first-order chi connectivity index (χ1) is 9.48. The largest absolute Gasteiger partial charge is 0.469 e. The molecule has 0 saturated heterocycles. The number of halogens is 1. The van der Waals surface area contributed by atoms with E-state index in [-0.39, 0.29) is 23.6 Å². The van der Waals surface area contributed by atoms with Crippen molar-refractivity contribution in [2.45, 2.75) is 38.1 Å². The van der Waals surface area contributed by atoms with Crippen LogP contribution in [0, 0.1) is 5.92 Å². The third-order valence-corrected chi connectivity index (χ3v) is 4.54. The Morgan fingerprint density at radius 2 is 2.25 bits per heavy atom. The molecule has 1 N–H and O–H groups in total. The summed E-state index contributed by atoms with van der Waals surface area (Å²) in [6.07, 6.45) is 4.86. The molecule has 0 bridgehead atoms. The maximum atomic E-state index is 12.3. The molecular weight excluding hydrogens is 326 g/mol. The minimum atomic E-state index is -0.603. The van der Waals surface area contributed by atoms with Crippen LogP contribution in [0.3, 0.4) is 0 Å². The van der Waals surface area contributed by atoms with Crippen molar-refractivity contribution >= 4 is 27.8 Å². The minimum absolute atomic E-state index is 0.223. The number of methoxy groups -OCH3 is 1. The van der Waals surface area contributed by atoms with E-state index in [0.29, 0.717) is 4.47 Å². The van der Waals surface area contributed by atoms with E-state index in [0.717, 1.165) is 25.7 Å². The SMILES string of the molecule is COC(=O)[C@@H]1CCCC[C@]1(C)NC(=O)c1occc1Br. The topological polar surface area (TPSA) is 68.5 Å². The van der Waals surface area contributed by atoms with Gasteiger partial charge in [-0.05, 0) is 41.8 Å². The molecule has 0 aromatic carbocycles. The molecule has 1 aliphatic rings. The van der Waals surface area contributed by atoms with Gasteiger partial charge in [0.15, 0.2) is 0 Å². The van der Waals surface area contributed by atoms with Crippen molar-refractivity contribution in [1.29, 1.82) is 0 Å². The highest BCUT2D eigenvalue weighted by Gasteiger charge is 2.43. The predicted octanol–water partition coefficient (Wildman–Crippen LogP) is 2.89. The highest BCUT2D eigenvalue weighted by molar-refractivity contribution is 9.10. The Kier molecular flexibility index (Phi) is 4.52. The summed E-state index contributed by atoms with van der Waals surface area (Å²) < 4.78 is 10.6. The maximum Gasteiger partial charge on any atom is 0.311 e. The molecule has 0 spiro atoms. The molecule has 0 unspecified atom stereocenters. The number of amides is 1. The Labute approximate surface area is 126 Å². The first-order valence-electron chi connectivity index (χ1n) is 6.61. The fraction of sp³-hybridized carbons (Fsp3) is 0.571. The van der Waals surface area contributed by atoms with E-state index in [1.165, 1.54) is 13.4 Å². The third kappa shape index (κ3) is 2.90. The van der Waals surface area contributed by atoms with Crippen LogP contribution in [0.5, 0.6) is 0 Å². The van der Waals surface area contributed by atoms with Crippen molar-refractivity contribution in [3.05, 3.63) is 22.6 Å². The van der Waals surface area contributed by atoms with Gasteiger partial charge in [-0.25, -0.2) is 0 Å². The Morgan fingerprint density at radius 1 is 1.50 bits per heavy atom. The van der Waals surface area contributed by atoms with Crippen molar-refractivity contribution < 1.29 is 18.7 Å². The van der Waals surface area contributed by atoms with Crippen molar-refractivity contribution in [2.75, 3.05) is 7.11 Å². The van der Waals surface area contributed by atoms with Crippen LogP contribution in [0.4, 0.5) is 0 Å². The summed E-state index contributed by atoms with van der Waals surface area (Å²) in [5, 5.41) is 2.94. The van der Waals surface area contributed by atoms with Crippen LogP contribution in [0.2, 0.25) is 0 Å². The summed E-state index contributed by atoms with van der Waals surface area (Å²) in [5.74, 6) is -0.689. The molecule has 1 aliphatic carbocycles. The molecule has 110 valence electrons. The van der Waals surface area contributed by atoms with E-state index < -0.39 is 5.54 Å². The molecule has 1 saturated carbocycles. The standard InChI is InChI=1S/C14H18BrNO4/c1-14(7-4-3-5-9(14)13(18)19-2)16-12(17)11-10(15)6-8-20-11/h6,8-9H,3-5,7H2,1-2H3,(H,16,17)/t9-,14-/m0/s1. The summed E-state index contributed by atoms with van der Waals surface area (Å²) in [5.41, 5.74) is -0.603. The predicted molar refractivity (Wildman–Crippen MR) is 76.3 cm³/mol. The molecule has 1 heterocycles. The van der Waals surface area contributed by atoms with Crippen LogP contribution in [0.15, 0.2) is 21.2 Å². The fourth-order valence-corrected chi connectivity index (χ4v) is 3.16. The number of rotatable bonds is 3. The van der Waals surface area contributed by atoms with Gasteiger partial charge in [0.1, 0.15) is 0 Å². The lowest BCUT2D eigenvalue weighted by atomic mass is 9.74. The van der Waals surface area contributed by atoms with Gasteiger partial charge >= 0.3 is 5.97 Å². The van der Waals surface area contributed by atoms with E-state index in [1.54, 1.807) is 6.07 Å². The Balaban J connectivity index is 2.18. The van der Waals surface area contributed by atoms with E-state index in [4.69, 9.17) is 9.15 Å². The quantitative estimate of drug-likeness (QED) is 0.856. The number of hydrogen-bond acceptors (Lipinski definition) is 4. The number of carbonyl (C=O) groups is 2. The summed E-state index contributed by atoms with van der Waals surface area (Å²) in [6.45, 7) is 1.89. The van der Waals surface area contributed by atoms with E-state index in [2.05, 4.69) is 21.2 Å². The van der Waals surface area contributed by atoms with Gasteiger partial charge in [-0.15, -0.1) is 0 Å². The van der Waals surface area contributed by atoms with Crippen LogP contribution < -0.4 is 5.32 Å². The molecule has 1 aromatic rings. The van der Waals surface area contributed by atoms with Crippen LogP contribution in [-0.2, 0) is 9.53 Å². The van der Waals surface area contributed by atoms with Gasteiger partial charge in [-0.2, -0.15) is 0 Å². The molecular formula is C14H18BrNO4. The average molecular weight is 344 g/mol. The second kappa shape index (κ2) is 5.99. The fourth-order valence-electron chi connectivity index (χ4n) is 2.78. The Bertz CT molecular complexity index is 513.